The maximum absolute atomic E-state index is 12.9. The molecule has 0 spiro atoms. The maximum Gasteiger partial charge on any atom is 0.252 e. The number of pyridine rings is 1. The molecule has 0 aliphatic heterocycles. The van der Waals surface area contributed by atoms with Crippen LogP contribution in [0.15, 0.2) is 59.4 Å². The van der Waals surface area contributed by atoms with Crippen LogP contribution in [0.1, 0.15) is 48.8 Å². The molecule has 0 amide bonds. The Balaban J connectivity index is 1.69. The summed E-state index contributed by atoms with van der Waals surface area (Å²) >= 11 is 0. The molecule has 0 unspecified atom stereocenters. The van der Waals surface area contributed by atoms with Crippen molar-refractivity contribution >= 4 is 10.9 Å². The molecule has 2 N–H and O–H groups in total. The van der Waals surface area contributed by atoms with Gasteiger partial charge in [-0.3, -0.25) is 9.69 Å². The third-order valence-electron chi connectivity index (χ3n) is 6.08. The molecule has 2 aromatic heterocycles. The van der Waals surface area contributed by atoms with Gasteiger partial charge in [-0.1, -0.05) is 55.8 Å². The van der Waals surface area contributed by atoms with Gasteiger partial charge in [0.25, 0.3) is 5.56 Å². The molecule has 34 heavy (non-hydrogen) atoms. The quantitative estimate of drug-likeness (QED) is 0.376. The topological polar surface area (TPSA) is 99.9 Å². The fourth-order valence-electron chi connectivity index (χ4n) is 4.47. The first kappa shape index (κ1) is 23.8. The molecule has 2 heterocycles. The van der Waals surface area contributed by atoms with E-state index in [1.54, 1.807) is 0 Å². The van der Waals surface area contributed by atoms with Gasteiger partial charge in [-0.05, 0) is 58.8 Å². The first-order valence-electron chi connectivity index (χ1n) is 11.7. The largest absolute Gasteiger partial charge is 0.396 e. The van der Waals surface area contributed by atoms with E-state index in [0.717, 1.165) is 27.9 Å². The molecule has 0 bridgehead atoms. The van der Waals surface area contributed by atoms with Gasteiger partial charge in [0.05, 0.1) is 12.6 Å². The number of H-pyrrole nitrogens is 1. The minimum atomic E-state index is -0.127. The van der Waals surface area contributed by atoms with Crippen molar-refractivity contribution in [1.29, 1.82) is 0 Å². The first-order chi connectivity index (χ1) is 16.5. The van der Waals surface area contributed by atoms with Gasteiger partial charge >= 0.3 is 0 Å². The number of aliphatic hydroxyl groups is 1. The van der Waals surface area contributed by atoms with Crippen LogP contribution in [-0.2, 0) is 13.1 Å². The fourth-order valence-corrected chi connectivity index (χ4v) is 4.47. The van der Waals surface area contributed by atoms with E-state index in [2.05, 4.69) is 57.5 Å². The van der Waals surface area contributed by atoms with Crippen molar-refractivity contribution in [1.82, 2.24) is 30.1 Å². The molecule has 0 radical (unpaired) electrons. The number of benzene rings is 2. The number of hydrogen-bond acceptors (Lipinski definition) is 6. The van der Waals surface area contributed by atoms with Crippen molar-refractivity contribution in [3.63, 3.8) is 0 Å². The molecule has 0 aliphatic rings. The van der Waals surface area contributed by atoms with E-state index in [1.807, 2.05) is 48.0 Å². The number of aliphatic hydroxyl groups excluding tert-OH is 1. The lowest BCUT2D eigenvalue weighted by Gasteiger charge is -2.33. The highest BCUT2D eigenvalue weighted by molar-refractivity contribution is 5.79. The lowest BCUT2D eigenvalue weighted by molar-refractivity contribution is 0.122. The van der Waals surface area contributed by atoms with E-state index in [0.29, 0.717) is 31.6 Å². The predicted molar refractivity (Wildman–Crippen MR) is 132 cm³/mol. The summed E-state index contributed by atoms with van der Waals surface area (Å²) in [5.74, 6) is 0.936. The Labute approximate surface area is 199 Å². The normalized spacial score (nSPS) is 12.6. The summed E-state index contributed by atoms with van der Waals surface area (Å²) < 4.78 is 1.83. The average molecular weight is 461 g/mol. The molecule has 8 nitrogen and oxygen atoms in total. The molecule has 0 fully saturated rings. The van der Waals surface area contributed by atoms with Gasteiger partial charge in [-0.25, -0.2) is 4.68 Å². The second-order valence-electron chi connectivity index (χ2n) is 9.13. The Bertz CT molecular complexity index is 1280. The number of tetrazole rings is 1. The summed E-state index contributed by atoms with van der Waals surface area (Å²) in [4.78, 5) is 18.2. The number of aromatic amines is 1. The van der Waals surface area contributed by atoms with Crippen LogP contribution in [0, 0.1) is 12.8 Å². The van der Waals surface area contributed by atoms with Gasteiger partial charge in [0.15, 0.2) is 5.82 Å². The number of rotatable bonds is 10. The minimum absolute atomic E-state index is 0.0730. The smallest absolute Gasteiger partial charge is 0.252 e. The molecule has 0 saturated carbocycles. The minimum Gasteiger partial charge on any atom is -0.396 e. The van der Waals surface area contributed by atoms with Crippen molar-refractivity contribution in [2.45, 2.75) is 46.3 Å². The molecule has 4 aromatic rings. The standard InChI is InChI=1S/C26H32N6O2/c1-18(2)24(25-28-29-30-32(25)16-20-8-5-4-6-9-20)31(12-7-13-33)17-22-15-21-14-19(3)10-11-23(21)27-26(22)34/h4-6,8-11,14-15,18,24,33H,7,12-13,16-17H2,1-3H3,(H,27,34)/t24-/m0/s1. The van der Waals surface area contributed by atoms with Crippen LogP contribution in [0.3, 0.4) is 0 Å². The second kappa shape index (κ2) is 10.7. The van der Waals surface area contributed by atoms with Crippen molar-refractivity contribution < 1.29 is 5.11 Å². The molecule has 0 saturated heterocycles. The molecular weight excluding hydrogens is 428 g/mol. The van der Waals surface area contributed by atoms with Gasteiger partial charge < -0.3 is 10.1 Å². The predicted octanol–water partition coefficient (Wildman–Crippen LogP) is 3.45. The zero-order chi connectivity index (χ0) is 24.1. The maximum atomic E-state index is 12.9. The number of aryl methyl sites for hydroxylation is 1. The fraction of sp³-hybridized carbons (Fsp3) is 0.385. The molecule has 0 aliphatic carbocycles. The van der Waals surface area contributed by atoms with Crippen molar-refractivity contribution in [3.8, 4) is 0 Å². The Kier molecular flexibility index (Phi) is 7.49. The Morgan fingerprint density at radius 1 is 1.12 bits per heavy atom. The van der Waals surface area contributed by atoms with E-state index in [4.69, 9.17) is 0 Å². The summed E-state index contributed by atoms with van der Waals surface area (Å²) in [6.45, 7) is 7.99. The number of nitrogens with zero attached hydrogens (tertiary/aromatic N) is 5. The van der Waals surface area contributed by atoms with Gasteiger partial charge in [-0.15, -0.1) is 5.10 Å². The van der Waals surface area contributed by atoms with Crippen molar-refractivity contribution in [3.05, 3.63) is 87.5 Å². The summed E-state index contributed by atoms with van der Waals surface area (Å²) in [5.41, 5.74) is 3.67. The molecule has 178 valence electrons. The molecule has 2 aromatic carbocycles. The lowest BCUT2D eigenvalue weighted by Crippen LogP contribution is -2.36. The zero-order valence-corrected chi connectivity index (χ0v) is 20.0. The highest BCUT2D eigenvalue weighted by atomic mass is 16.3. The Morgan fingerprint density at radius 2 is 1.91 bits per heavy atom. The number of hydrogen-bond donors (Lipinski definition) is 2. The molecular formula is C26H32N6O2. The van der Waals surface area contributed by atoms with E-state index in [9.17, 15) is 9.90 Å². The highest BCUT2D eigenvalue weighted by Gasteiger charge is 2.29. The highest BCUT2D eigenvalue weighted by Crippen LogP contribution is 2.29. The van der Waals surface area contributed by atoms with Crippen molar-refractivity contribution in [2.75, 3.05) is 13.2 Å². The SMILES string of the molecule is Cc1ccc2[nH]c(=O)c(CN(CCCO)[C@H](c3nnnn3Cc3ccccc3)C(C)C)cc2c1. The van der Waals surface area contributed by atoms with E-state index in [-0.39, 0.29) is 24.1 Å². The summed E-state index contributed by atoms with van der Waals surface area (Å²) in [6.07, 6.45) is 0.591. The van der Waals surface area contributed by atoms with Gasteiger partial charge in [0.2, 0.25) is 0 Å². The summed E-state index contributed by atoms with van der Waals surface area (Å²) in [7, 11) is 0. The van der Waals surface area contributed by atoms with Gasteiger partial charge in [0.1, 0.15) is 0 Å². The lowest BCUT2D eigenvalue weighted by atomic mass is 10.00. The number of fused-ring (bicyclic) bond motifs is 1. The van der Waals surface area contributed by atoms with Crippen molar-refractivity contribution in [2.24, 2.45) is 5.92 Å². The molecule has 4 rings (SSSR count). The van der Waals surface area contributed by atoms with Crippen LogP contribution in [-0.4, -0.2) is 48.3 Å². The van der Waals surface area contributed by atoms with Crippen LogP contribution in [0.5, 0.6) is 0 Å². The van der Waals surface area contributed by atoms with Crippen LogP contribution >= 0.6 is 0 Å². The third kappa shape index (κ3) is 5.40. The van der Waals surface area contributed by atoms with Crippen LogP contribution in [0.25, 0.3) is 10.9 Å². The number of aromatic nitrogens is 5. The second-order valence-corrected chi connectivity index (χ2v) is 9.13. The summed E-state index contributed by atoms with van der Waals surface area (Å²) in [5, 5.41) is 23.2. The van der Waals surface area contributed by atoms with E-state index < -0.39 is 0 Å². The van der Waals surface area contributed by atoms with Gasteiger partial charge in [0, 0.05) is 30.8 Å². The summed E-state index contributed by atoms with van der Waals surface area (Å²) in [6, 6.07) is 17.9. The zero-order valence-electron chi connectivity index (χ0n) is 20.0. The van der Waals surface area contributed by atoms with Crippen LogP contribution < -0.4 is 5.56 Å². The average Bonchev–Trinajstić information content (AvgIpc) is 3.26. The van der Waals surface area contributed by atoms with Gasteiger partial charge in [-0.2, -0.15) is 0 Å². The monoisotopic (exact) mass is 460 g/mol. The van der Waals surface area contributed by atoms with Crippen LogP contribution in [0.2, 0.25) is 0 Å². The van der Waals surface area contributed by atoms with Crippen LogP contribution in [0.4, 0.5) is 0 Å². The molecule has 8 heteroatoms. The third-order valence-corrected chi connectivity index (χ3v) is 6.08. The number of nitrogens with one attached hydrogen (secondary N) is 1. The molecule has 1 atom stereocenters. The Morgan fingerprint density at radius 3 is 2.65 bits per heavy atom. The van der Waals surface area contributed by atoms with E-state index in [1.165, 1.54) is 0 Å². The first-order valence-corrected chi connectivity index (χ1v) is 11.7. The van der Waals surface area contributed by atoms with E-state index >= 15 is 0 Å². The Hall–Kier alpha value is -3.36.